The number of benzene rings is 2. The second-order valence-electron chi connectivity index (χ2n) is 4.76. The fraction of sp³-hybridized carbons (Fsp3) is 0.188. The molecule has 0 aromatic heterocycles. The van der Waals surface area contributed by atoms with Crippen molar-refractivity contribution >= 4 is 11.6 Å². The zero-order chi connectivity index (χ0) is 12.5. The van der Waals surface area contributed by atoms with Crippen LogP contribution in [0.5, 0.6) is 0 Å². The van der Waals surface area contributed by atoms with E-state index in [1.54, 1.807) is 0 Å². The number of carbonyl (C=O) groups excluding carboxylic acids is 1. The molecule has 1 unspecified atom stereocenters. The zero-order valence-corrected chi connectivity index (χ0v) is 10.3. The summed E-state index contributed by atoms with van der Waals surface area (Å²) in [5, 5.41) is 3.00. The first-order chi connectivity index (χ1) is 8.75. The maximum Gasteiger partial charge on any atom is 0.232 e. The summed E-state index contributed by atoms with van der Waals surface area (Å²) in [7, 11) is 0. The molecule has 1 aliphatic rings. The molecule has 3 rings (SSSR count). The highest BCUT2D eigenvalue weighted by Crippen LogP contribution is 2.32. The number of hydrogen-bond acceptors (Lipinski definition) is 1. The van der Waals surface area contributed by atoms with E-state index in [1.807, 2.05) is 36.4 Å². The van der Waals surface area contributed by atoms with E-state index in [1.165, 1.54) is 11.1 Å². The van der Waals surface area contributed by atoms with E-state index >= 15 is 0 Å². The number of nitrogens with one attached hydrogen (secondary N) is 1. The van der Waals surface area contributed by atoms with Crippen LogP contribution in [-0.2, 0) is 11.2 Å². The lowest BCUT2D eigenvalue weighted by Crippen LogP contribution is -2.28. The van der Waals surface area contributed by atoms with Crippen molar-refractivity contribution in [1.82, 2.24) is 0 Å². The number of rotatable bonds is 1. The van der Waals surface area contributed by atoms with Crippen molar-refractivity contribution < 1.29 is 4.79 Å². The molecule has 18 heavy (non-hydrogen) atoms. The van der Waals surface area contributed by atoms with Crippen LogP contribution in [-0.4, -0.2) is 5.91 Å². The number of carbonyl (C=O) groups is 1. The van der Waals surface area contributed by atoms with Gasteiger partial charge in [-0.1, -0.05) is 42.5 Å². The average molecular weight is 237 g/mol. The number of anilines is 1. The molecular formula is C16H15NO. The predicted molar refractivity (Wildman–Crippen MR) is 72.7 cm³/mol. The van der Waals surface area contributed by atoms with Crippen molar-refractivity contribution in [2.75, 3.05) is 5.32 Å². The lowest BCUT2D eigenvalue weighted by atomic mass is 9.85. The lowest BCUT2D eigenvalue weighted by molar-refractivity contribution is -0.117. The number of aryl methyl sites for hydroxylation is 1. The van der Waals surface area contributed by atoms with Gasteiger partial charge in [0.2, 0.25) is 5.91 Å². The summed E-state index contributed by atoms with van der Waals surface area (Å²) in [4.78, 5) is 12.2. The van der Waals surface area contributed by atoms with Crippen molar-refractivity contribution in [2.45, 2.75) is 19.3 Å². The first-order valence-corrected chi connectivity index (χ1v) is 6.20. The van der Waals surface area contributed by atoms with Crippen molar-refractivity contribution in [3.05, 3.63) is 65.2 Å². The van der Waals surface area contributed by atoms with Crippen LogP contribution in [0.15, 0.2) is 48.5 Å². The fourth-order valence-corrected chi connectivity index (χ4v) is 2.58. The van der Waals surface area contributed by atoms with E-state index in [-0.39, 0.29) is 11.8 Å². The minimum atomic E-state index is -0.0684. The highest BCUT2D eigenvalue weighted by atomic mass is 16.1. The zero-order valence-electron chi connectivity index (χ0n) is 10.3. The molecule has 1 heterocycles. The highest BCUT2D eigenvalue weighted by Gasteiger charge is 2.27. The largest absolute Gasteiger partial charge is 0.325 e. The fourth-order valence-electron chi connectivity index (χ4n) is 2.58. The Morgan fingerprint density at radius 3 is 2.61 bits per heavy atom. The Morgan fingerprint density at radius 1 is 1.06 bits per heavy atom. The van der Waals surface area contributed by atoms with Gasteiger partial charge in [0.15, 0.2) is 0 Å². The SMILES string of the molecule is Cc1ccccc1C1Cc2ccccc2NC1=O. The number of para-hydroxylation sites is 1. The molecule has 0 aliphatic carbocycles. The normalized spacial score (nSPS) is 18.1. The van der Waals surface area contributed by atoms with Crippen LogP contribution >= 0.6 is 0 Å². The van der Waals surface area contributed by atoms with Gasteiger partial charge in [0.1, 0.15) is 0 Å². The predicted octanol–water partition coefficient (Wildman–Crippen LogP) is 3.27. The molecule has 0 fully saturated rings. The first kappa shape index (κ1) is 11.0. The van der Waals surface area contributed by atoms with Crippen molar-refractivity contribution in [3.63, 3.8) is 0 Å². The monoisotopic (exact) mass is 237 g/mol. The van der Waals surface area contributed by atoms with Crippen LogP contribution in [0.1, 0.15) is 22.6 Å². The summed E-state index contributed by atoms with van der Waals surface area (Å²) >= 11 is 0. The van der Waals surface area contributed by atoms with Crippen LogP contribution in [0.2, 0.25) is 0 Å². The van der Waals surface area contributed by atoms with Gasteiger partial charge >= 0.3 is 0 Å². The molecule has 0 radical (unpaired) electrons. The van der Waals surface area contributed by atoms with E-state index in [4.69, 9.17) is 0 Å². The minimum Gasteiger partial charge on any atom is -0.325 e. The van der Waals surface area contributed by atoms with Gasteiger partial charge in [-0.2, -0.15) is 0 Å². The van der Waals surface area contributed by atoms with Gasteiger partial charge in [-0.25, -0.2) is 0 Å². The molecule has 2 nitrogen and oxygen atoms in total. The highest BCUT2D eigenvalue weighted by molar-refractivity contribution is 5.99. The van der Waals surface area contributed by atoms with E-state index in [9.17, 15) is 4.79 Å². The van der Waals surface area contributed by atoms with E-state index in [0.717, 1.165) is 17.7 Å². The second-order valence-corrected chi connectivity index (χ2v) is 4.76. The van der Waals surface area contributed by atoms with Crippen LogP contribution < -0.4 is 5.32 Å². The lowest BCUT2D eigenvalue weighted by Gasteiger charge is -2.25. The molecule has 0 saturated heterocycles. The molecule has 0 bridgehead atoms. The van der Waals surface area contributed by atoms with Gasteiger partial charge < -0.3 is 5.32 Å². The first-order valence-electron chi connectivity index (χ1n) is 6.20. The van der Waals surface area contributed by atoms with Crippen molar-refractivity contribution in [3.8, 4) is 0 Å². The van der Waals surface area contributed by atoms with Gasteiger partial charge in [-0.3, -0.25) is 4.79 Å². The molecule has 1 aliphatic heterocycles. The summed E-state index contributed by atoms with van der Waals surface area (Å²) in [5.41, 5.74) is 4.47. The van der Waals surface area contributed by atoms with Gasteiger partial charge in [0.25, 0.3) is 0 Å². The molecule has 1 N–H and O–H groups in total. The number of fused-ring (bicyclic) bond motifs is 1. The van der Waals surface area contributed by atoms with Crippen LogP contribution in [0.25, 0.3) is 0 Å². The average Bonchev–Trinajstić information content (AvgIpc) is 2.39. The van der Waals surface area contributed by atoms with E-state index < -0.39 is 0 Å². The van der Waals surface area contributed by atoms with E-state index in [0.29, 0.717) is 0 Å². The van der Waals surface area contributed by atoms with Crippen LogP contribution in [0.3, 0.4) is 0 Å². The van der Waals surface area contributed by atoms with Crippen molar-refractivity contribution in [2.24, 2.45) is 0 Å². The third-order valence-corrected chi connectivity index (χ3v) is 3.58. The van der Waals surface area contributed by atoms with Crippen LogP contribution in [0.4, 0.5) is 5.69 Å². The standard InChI is InChI=1S/C16H15NO/c1-11-6-2-4-8-13(11)14-10-12-7-3-5-9-15(12)17-16(14)18/h2-9,14H,10H2,1H3,(H,17,18). The molecule has 2 heteroatoms. The molecule has 2 aromatic rings. The second kappa shape index (κ2) is 4.30. The summed E-state index contributed by atoms with van der Waals surface area (Å²) in [5.74, 6) is 0.0316. The Morgan fingerprint density at radius 2 is 1.78 bits per heavy atom. The third kappa shape index (κ3) is 1.80. The smallest absolute Gasteiger partial charge is 0.232 e. The molecule has 0 spiro atoms. The summed E-state index contributed by atoms with van der Waals surface area (Å²) < 4.78 is 0. The summed E-state index contributed by atoms with van der Waals surface area (Å²) in [6.45, 7) is 2.06. The number of hydrogen-bond donors (Lipinski definition) is 1. The maximum atomic E-state index is 12.2. The van der Waals surface area contributed by atoms with E-state index in [2.05, 4.69) is 24.4 Å². The Kier molecular flexibility index (Phi) is 2.63. The Hall–Kier alpha value is -2.09. The third-order valence-electron chi connectivity index (χ3n) is 3.58. The quantitative estimate of drug-likeness (QED) is 0.810. The van der Waals surface area contributed by atoms with Gasteiger partial charge in [-0.15, -0.1) is 0 Å². The number of amides is 1. The maximum absolute atomic E-state index is 12.2. The topological polar surface area (TPSA) is 29.1 Å². The molecule has 1 amide bonds. The van der Waals surface area contributed by atoms with Gasteiger partial charge in [0, 0.05) is 5.69 Å². The van der Waals surface area contributed by atoms with Gasteiger partial charge in [-0.05, 0) is 36.1 Å². The van der Waals surface area contributed by atoms with Crippen LogP contribution in [0, 0.1) is 6.92 Å². The van der Waals surface area contributed by atoms with Gasteiger partial charge in [0.05, 0.1) is 5.92 Å². The Bertz CT molecular complexity index is 604. The molecule has 0 saturated carbocycles. The molecule has 1 atom stereocenters. The molecule has 90 valence electrons. The summed E-state index contributed by atoms with van der Waals surface area (Å²) in [6.07, 6.45) is 0.785. The summed E-state index contributed by atoms with van der Waals surface area (Å²) in [6, 6.07) is 16.1. The minimum absolute atomic E-state index is 0.0684. The van der Waals surface area contributed by atoms with Crippen molar-refractivity contribution in [1.29, 1.82) is 0 Å². The Balaban J connectivity index is 2.01. The molecular weight excluding hydrogens is 222 g/mol. The Labute approximate surface area is 107 Å². The molecule has 2 aromatic carbocycles.